The number of hydrogen-bond acceptors (Lipinski definition) is 8. The fraction of sp³-hybridized carbons (Fsp3) is 0.185. The summed E-state index contributed by atoms with van der Waals surface area (Å²) in [5, 5.41) is 17.9. The molecule has 2 aromatic carbocycles. The Morgan fingerprint density at radius 2 is 1.97 bits per heavy atom. The maximum absolute atomic E-state index is 12.5. The molecule has 0 fully saturated rings. The fourth-order valence-electron chi connectivity index (χ4n) is 3.94. The molecule has 0 saturated carbocycles. The largest absolute Gasteiger partial charge is 0.497 e. The molecule has 2 amide bonds. The van der Waals surface area contributed by atoms with Crippen LogP contribution in [0.4, 0.5) is 5.69 Å². The molecular weight excluding hydrogens is 472 g/mol. The van der Waals surface area contributed by atoms with Crippen LogP contribution >= 0.6 is 0 Å². The van der Waals surface area contributed by atoms with Gasteiger partial charge in [-0.1, -0.05) is 41.6 Å². The zero-order chi connectivity index (χ0) is 25.6. The molecule has 0 bridgehead atoms. The van der Waals surface area contributed by atoms with E-state index in [1.54, 1.807) is 7.11 Å². The maximum atomic E-state index is 12.5. The summed E-state index contributed by atoms with van der Waals surface area (Å²) >= 11 is 0. The number of ether oxygens (including phenoxy) is 1. The standard InChI is InChI=1S/C27H24N6O4/c1-36-20-11-9-18(10-12-20)25-30-24(37-33-25)14-13-23(34)29-19-6-4-5-17(15-19)16-28-26-21-7-2-3-8-22(21)27(35)32-31-26/h2-12,15,22,28H,13-14,16H2,1H3,(H,29,34). The Morgan fingerprint density at radius 3 is 2.81 bits per heavy atom. The molecule has 186 valence electrons. The minimum Gasteiger partial charge on any atom is -0.497 e. The van der Waals surface area contributed by atoms with E-state index in [2.05, 4.69) is 31.0 Å². The molecule has 0 radical (unpaired) electrons. The Bertz CT molecular complexity index is 1440. The van der Waals surface area contributed by atoms with Crippen LogP contribution in [0.2, 0.25) is 0 Å². The summed E-state index contributed by atoms with van der Waals surface area (Å²) in [4.78, 5) is 28.9. The average molecular weight is 497 g/mol. The summed E-state index contributed by atoms with van der Waals surface area (Å²) in [6, 6.07) is 14.8. The molecule has 37 heavy (non-hydrogen) atoms. The molecule has 0 spiro atoms. The number of nitrogens with zero attached hydrogens (tertiary/aromatic N) is 4. The van der Waals surface area contributed by atoms with Gasteiger partial charge in [-0.2, -0.15) is 4.98 Å². The summed E-state index contributed by atoms with van der Waals surface area (Å²) in [5.41, 5.74) is 3.20. The molecule has 1 aliphatic heterocycles. The van der Waals surface area contributed by atoms with Crippen molar-refractivity contribution in [1.29, 1.82) is 0 Å². The molecule has 3 aromatic rings. The number of nitrogens with one attached hydrogen (secondary N) is 2. The van der Waals surface area contributed by atoms with Crippen molar-refractivity contribution in [3.05, 3.63) is 95.7 Å². The second-order valence-corrected chi connectivity index (χ2v) is 8.41. The normalized spacial score (nSPS) is 16.0. The van der Waals surface area contributed by atoms with E-state index in [0.717, 1.165) is 22.4 Å². The second kappa shape index (κ2) is 10.8. The van der Waals surface area contributed by atoms with Crippen LogP contribution in [0.5, 0.6) is 5.75 Å². The van der Waals surface area contributed by atoms with E-state index in [9.17, 15) is 9.59 Å². The van der Waals surface area contributed by atoms with E-state index < -0.39 is 5.92 Å². The van der Waals surface area contributed by atoms with Gasteiger partial charge in [0, 0.05) is 36.2 Å². The Labute approximate surface area is 212 Å². The zero-order valence-corrected chi connectivity index (χ0v) is 20.0. The Kier molecular flexibility index (Phi) is 6.98. The van der Waals surface area contributed by atoms with Gasteiger partial charge in [0.15, 0.2) is 5.82 Å². The predicted molar refractivity (Wildman–Crippen MR) is 135 cm³/mol. The summed E-state index contributed by atoms with van der Waals surface area (Å²) in [7, 11) is 1.60. The van der Waals surface area contributed by atoms with Gasteiger partial charge in [-0.3, -0.25) is 9.59 Å². The lowest BCUT2D eigenvalue weighted by Crippen LogP contribution is -2.23. The molecule has 10 nitrogen and oxygen atoms in total. The van der Waals surface area contributed by atoms with Gasteiger partial charge in [-0.25, -0.2) is 0 Å². The van der Waals surface area contributed by atoms with Gasteiger partial charge in [0.1, 0.15) is 5.75 Å². The molecule has 1 atom stereocenters. The highest BCUT2D eigenvalue weighted by atomic mass is 16.5. The number of carbonyl (C=O) groups is 2. The SMILES string of the molecule is COc1ccc(-c2noc(CCC(=O)Nc3cccc(CNC4=C5C=CC=CC5C(=O)N=N4)c3)n2)cc1. The topological polar surface area (TPSA) is 131 Å². The number of aryl methyl sites for hydroxylation is 1. The van der Waals surface area contributed by atoms with E-state index in [1.807, 2.05) is 72.8 Å². The molecular formula is C27H24N6O4. The molecule has 10 heteroatoms. The lowest BCUT2D eigenvalue weighted by atomic mass is 9.93. The van der Waals surface area contributed by atoms with Crippen molar-refractivity contribution >= 4 is 17.5 Å². The van der Waals surface area contributed by atoms with E-state index >= 15 is 0 Å². The van der Waals surface area contributed by atoms with E-state index in [0.29, 0.717) is 36.2 Å². The lowest BCUT2D eigenvalue weighted by molar-refractivity contribution is -0.120. The summed E-state index contributed by atoms with van der Waals surface area (Å²) < 4.78 is 10.5. The molecule has 5 rings (SSSR count). The first-order chi connectivity index (χ1) is 18.1. The average Bonchev–Trinajstić information content (AvgIpc) is 3.41. The number of benzene rings is 2. The number of aromatic nitrogens is 2. The number of azo groups is 1. The van der Waals surface area contributed by atoms with Crippen LogP contribution in [-0.2, 0) is 22.6 Å². The molecule has 2 aliphatic rings. The first-order valence-corrected chi connectivity index (χ1v) is 11.7. The Balaban J connectivity index is 1.14. The van der Waals surface area contributed by atoms with Gasteiger partial charge in [0.05, 0.1) is 13.0 Å². The molecule has 2 heterocycles. The number of amides is 2. The molecule has 2 N–H and O–H groups in total. The van der Waals surface area contributed by atoms with Crippen molar-refractivity contribution in [3.8, 4) is 17.1 Å². The van der Waals surface area contributed by atoms with Crippen molar-refractivity contribution in [3.63, 3.8) is 0 Å². The Morgan fingerprint density at radius 1 is 1.11 bits per heavy atom. The van der Waals surface area contributed by atoms with Crippen LogP contribution in [0, 0.1) is 5.92 Å². The van der Waals surface area contributed by atoms with Gasteiger partial charge < -0.3 is 19.9 Å². The summed E-state index contributed by atoms with van der Waals surface area (Å²) in [6.07, 6.45) is 7.88. The monoisotopic (exact) mass is 496 g/mol. The minimum atomic E-state index is -0.401. The quantitative estimate of drug-likeness (QED) is 0.450. The number of hydrogen-bond donors (Lipinski definition) is 2. The number of fused-ring (bicyclic) bond motifs is 1. The van der Waals surface area contributed by atoms with Crippen LogP contribution in [0.25, 0.3) is 11.4 Å². The number of carbonyl (C=O) groups excluding carboxylic acids is 2. The molecule has 1 unspecified atom stereocenters. The second-order valence-electron chi connectivity index (χ2n) is 8.41. The first kappa shape index (κ1) is 23.9. The highest BCUT2D eigenvalue weighted by Gasteiger charge is 2.27. The van der Waals surface area contributed by atoms with Crippen LogP contribution in [0.1, 0.15) is 17.9 Å². The van der Waals surface area contributed by atoms with E-state index in [1.165, 1.54) is 0 Å². The van der Waals surface area contributed by atoms with Gasteiger partial charge >= 0.3 is 0 Å². The third kappa shape index (κ3) is 5.69. The number of rotatable bonds is 9. The lowest BCUT2D eigenvalue weighted by Gasteiger charge is -2.20. The smallest absolute Gasteiger partial charge is 0.276 e. The number of methoxy groups -OCH3 is 1. The van der Waals surface area contributed by atoms with Crippen molar-refractivity contribution in [2.75, 3.05) is 12.4 Å². The maximum Gasteiger partial charge on any atom is 0.276 e. The zero-order valence-electron chi connectivity index (χ0n) is 20.0. The molecule has 0 saturated heterocycles. The van der Waals surface area contributed by atoms with E-state index in [-0.39, 0.29) is 18.2 Å². The fourth-order valence-corrected chi connectivity index (χ4v) is 3.94. The molecule has 1 aromatic heterocycles. The van der Waals surface area contributed by atoms with Crippen LogP contribution in [-0.4, -0.2) is 29.1 Å². The minimum absolute atomic E-state index is 0.166. The third-order valence-corrected chi connectivity index (χ3v) is 5.87. The summed E-state index contributed by atoms with van der Waals surface area (Å²) in [5.74, 6) is 1.31. The van der Waals surface area contributed by atoms with Gasteiger partial charge in [0.2, 0.25) is 17.6 Å². The van der Waals surface area contributed by atoms with Gasteiger partial charge in [0.25, 0.3) is 5.91 Å². The number of anilines is 1. The van der Waals surface area contributed by atoms with E-state index in [4.69, 9.17) is 9.26 Å². The molecule has 1 aliphatic carbocycles. The first-order valence-electron chi connectivity index (χ1n) is 11.7. The summed E-state index contributed by atoms with van der Waals surface area (Å²) in [6.45, 7) is 0.455. The van der Waals surface area contributed by atoms with Crippen molar-refractivity contribution in [1.82, 2.24) is 15.5 Å². The van der Waals surface area contributed by atoms with Crippen molar-refractivity contribution in [2.45, 2.75) is 19.4 Å². The van der Waals surface area contributed by atoms with Crippen LogP contribution in [0.3, 0.4) is 0 Å². The third-order valence-electron chi connectivity index (χ3n) is 5.87. The van der Waals surface area contributed by atoms with Crippen molar-refractivity contribution in [2.24, 2.45) is 16.1 Å². The highest BCUT2D eigenvalue weighted by Crippen LogP contribution is 2.27. The van der Waals surface area contributed by atoms with Crippen LogP contribution in [0.15, 0.2) is 99.0 Å². The van der Waals surface area contributed by atoms with Gasteiger partial charge in [-0.15, -0.1) is 10.2 Å². The Hall–Kier alpha value is -4.86. The van der Waals surface area contributed by atoms with Crippen LogP contribution < -0.4 is 15.4 Å². The number of allylic oxidation sites excluding steroid dienone is 3. The predicted octanol–water partition coefficient (Wildman–Crippen LogP) is 4.35. The van der Waals surface area contributed by atoms with Gasteiger partial charge in [-0.05, 0) is 42.0 Å². The van der Waals surface area contributed by atoms with Crippen molar-refractivity contribution < 1.29 is 18.8 Å². The highest BCUT2D eigenvalue weighted by molar-refractivity contribution is 5.90.